The maximum atomic E-state index is 12.7. The monoisotopic (exact) mass is 348 g/mol. The van der Waals surface area contributed by atoms with Gasteiger partial charge >= 0.3 is 0 Å². The minimum atomic E-state index is 0. The van der Waals surface area contributed by atoms with E-state index in [1.165, 1.54) is 32.1 Å². The molecule has 24 heavy (non-hydrogen) atoms. The second-order valence-electron chi connectivity index (χ2n) is 8.12. The van der Waals surface area contributed by atoms with Gasteiger partial charge in [-0.25, -0.2) is 0 Å². The second-order valence-corrected chi connectivity index (χ2v) is 8.12. The van der Waals surface area contributed by atoms with Crippen LogP contribution in [0.5, 0.6) is 0 Å². The van der Waals surface area contributed by atoms with E-state index in [0.717, 1.165) is 41.3 Å². The lowest BCUT2D eigenvalue weighted by molar-refractivity contribution is -0.141. The number of amides is 1. The molecule has 0 unspecified atom stereocenters. The Labute approximate surface area is 151 Å². The van der Waals surface area contributed by atoms with Crippen molar-refractivity contribution < 1.29 is 4.79 Å². The lowest BCUT2D eigenvalue weighted by Gasteiger charge is -2.56. The molecule has 4 bridgehead atoms. The molecule has 0 spiro atoms. The minimum Gasteiger partial charge on any atom is -0.399 e. The molecule has 0 radical (unpaired) electrons. The van der Waals surface area contributed by atoms with Crippen molar-refractivity contribution in [2.75, 3.05) is 12.8 Å². The van der Waals surface area contributed by atoms with Gasteiger partial charge in [-0.3, -0.25) is 4.79 Å². The average Bonchev–Trinajstić information content (AvgIpc) is 2.52. The number of nitrogens with two attached hydrogens (primary N) is 1. The smallest absolute Gasteiger partial charge is 0.222 e. The molecule has 0 aliphatic heterocycles. The van der Waals surface area contributed by atoms with Crippen LogP contribution in [0, 0.1) is 23.7 Å². The fourth-order valence-corrected chi connectivity index (χ4v) is 5.87. The van der Waals surface area contributed by atoms with Gasteiger partial charge in [0.15, 0.2) is 0 Å². The van der Waals surface area contributed by atoms with Crippen molar-refractivity contribution in [1.29, 1.82) is 0 Å². The van der Waals surface area contributed by atoms with Crippen LogP contribution in [0.2, 0.25) is 0 Å². The van der Waals surface area contributed by atoms with Crippen molar-refractivity contribution in [1.82, 2.24) is 4.90 Å². The van der Waals surface area contributed by atoms with Crippen LogP contribution < -0.4 is 5.73 Å². The summed E-state index contributed by atoms with van der Waals surface area (Å²) < 4.78 is 0. The Morgan fingerprint density at radius 1 is 1.08 bits per heavy atom. The van der Waals surface area contributed by atoms with E-state index in [1.807, 2.05) is 31.3 Å². The number of anilines is 1. The molecule has 4 heteroatoms. The average molecular weight is 349 g/mol. The minimum absolute atomic E-state index is 0. The van der Waals surface area contributed by atoms with Crippen LogP contribution in [0.3, 0.4) is 0 Å². The fourth-order valence-electron chi connectivity index (χ4n) is 5.87. The van der Waals surface area contributed by atoms with Gasteiger partial charge in [-0.2, -0.15) is 0 Å². The zero-order valence-corrected chi connectivity index (χ0v) is 15.3. The SMILES string of the molecule is CN(C(=O)CCc1ccccc1N)C1C2CC3CC(C2)CC1C3.Cl. The van der Waals surface area contributed by atoms with Crippen molar-refractivity contribution in [3.63, 3.8) is 0 Å². The van der Waals surface area contributed by atoms with Crippen molar-refractivity contribution in [3.8, 4) is 0 Å². The largest absolute Gasteiger partial charge is 0.399 e. The number of hydrogen-bond donors (Lipinski definition) is 1. The highest BCUT2D eigenvalue weighted by Gasteiger charge is 2.50. The third-order valence-corrected chi connectivity index (χ3v) is 6.68. The summed E-state index contributed by atoms with van der Waals surface area (Å²) in [5.74, 6) is 3.75. The number of nitrogen functional groups attached to an aromatic ring is 1. The molecule has 4 saturated carbocycles. The van der Waals surface area contributed by atoms with Crippen LogP contribution in [-0.2, 0) is 11.2 Å². The molecule has 4 aliphatic carbocycles. The third-order valence-electron chi connectivity index (χ3n) is 6.68. The molecular formula is C20H29ClN2O. The molecule has 0 heterocycles. The van der Waals surface area contributed by atoms with Gasteiger partial charge < -0.3 is 10.6 Å². The number of nitrogens with zero attached hydrogens (tertiary/aromatic N) is 1. The fraction of sp³-hybridized carbons (Fsp3) is 0.650. The normalized spacial score (nSPS) is 33.1. The third kappa shape index (κ3) is 3.15. The second kappa shape index (κ2) is 6.95. The van der Waals surface area contributed by atoms with Crippen LogP contribution in [0.15, 0.2) is 24.3 Å². The molecule has 1 amide bonds. The number of halogens is 1. The Bertz CT molecular complexity index is 575. The highest BCUT2D eigenvalue weighted by molar-refractivity contribution is 5.85. The molecule has 4 aliphatic rings. The first-order chi connectivity index (χ1) is 11.1. The maximum Gasteiger partial charge on any atom is 0.222 e. The number of benzene rings is 1. The molecule has 4 fully saturated rings. The summed E-state index contributed by atoms with van der Waals surface area (Å²) >= 11 is 0. The van der Waals surface area contributed by atoms with Crippen LogP contribution in [0.1, 0.15) is 44.1 Å². The highest BCUT2D eigenvalue weighted by atomic mass is 35.5. The molecule has 3 nitrogen and oxygen atoms in total. The Morgan fingerprint density at radius 3 is 2.25 bits per heavy atom. The van der Waals surface area contributed by atoms with E-state index in [9.17, 15) is 4.79 Å². The van der Waals surface area contributed by atoms with Crippen LogP contribution in [-0.4, -0.2) is 23.9 Å². The van der Waals surface area contributed by atoms with Crippen molar-refractivity contribution in [2.24, 2.45) is 23.7 Å². The van der Waals surface area contributed by atoms with Gasteiger partial charge in [0.25, 0.3) is 0 Å². The topological polar surface area (TPSA) is 46.3 Å². The van der Waals surface area contributed by atoms with Crippen LogP contribution in [0.4, 0.5) is 5.69 Å². The van der Waals surface area contributed by atoms with Gasteiger partial charge in [0.1, 0.15) is 0 Å². The first-order valence-corrected chi connectivity index (χ1v) is 9.21. The molecule has 2 N–H and O–H groups in total. The quantitative estimate of drug-likeness (QED) is 0.838. The van der Waals surface area contributed by atoms with Gasteiger partial charge in [0.2, 0.25) is 5.91 Å². The van der Waals surface area contributed by atoms with Crippen LogP contribution >= 0.6 is 12.4 Å². The van der Waals surface area contributed by atoms with E-state index in [-0.39, 0.29) is 12.4 Å². The summed E-state index contributed by atoms with van der Waals surface area (Å²) in [5, 5.41) is 0. The molecule has 5 rings (SSSR count). The number of rotatable bonds is 4. The molecule has 0 aromatic heterocycles. The van der Waals surface area contributed by atoms with Gasteiger partial charge in [0.05, 0.1) is 0 Å². The lowest BCUT2D eigenvalue weighted by atomic mass is 9.54. The highest BCUT2D eigenvalue weighted by Crippen LogP contribution is 2.55. The molecule has 0 atom stereocenters. The van der Waals surface area contributed by atoms with E-state index < -0.39 is 0 Å². The van der Waals surface area contributed by atoms with Crippen molar-refractivity contribution in [2.45, 2.75) is 51.0 Å². The number of para-hydroxylation sites is 1. The van der Waals surface area contributed by atoms with E-state index in [4.69, 9.17) is 5.73 Å². The number of aryl methyl sites for hydroxylation is 1. The molecule has 132 valence electrons. The van der Waals surface area contributed by atoms with Crippen molar-refractivity contribution >= 4 is 24.0 Å². The van der Waals surface area contributed by atoms with Gasteiger partial charge in [-0.1, -0.05) is 18.2 Å². The first kappa shape index (κ1) is 17.6. The van der Waals surface area contributed by atoms with E-state index in [0.29, 0.717) is 18.4 Å². The van der Waals surface area contributed by atoms with Gasteiger partial charge in [0, 0.05) is 25.2 Å². The zero-order valence-electron chi connectivity index (χ0n) is 14.5. The van der Waals surface area contributed by atoms with Crippen LogP contribution in [0.25, 0.3) is 0 Å². The maximum absolute atomic E-state index is 12.7. The molecular weight excluding hydrogens is 320 g/mol. The number of carbonyl (C=O) groups excluding carboxylic acids is 1. The van der Waals surface area contributed by atoms with Gasteiger partial charge in [-0.05, 0) is 73.8 Å². The lowest BCUT2D eigenvalue weighted by Crippen LogP contribution is -2.56. The molecule has 1 aromatic carbocycles. The predicted octanol–water partition coefficient (Wildman–Crippen LogP) is 3.91. The summed E-state index contributed by atoms with van der Waals surface area (Å²) in [6.45, 7) is 0. The van der Waals surface area contributed by atoms with E-state index >= 15 is 0 Å². The summed E-state index contributed by atoms with van der Waals surface area (Å²) in [6.07, 6.45) is 8.24. The molecule has 0 saturated heterocycles. The summed E-state index contributed by atoms with van der Waals surface area (Å²) in [7, 11) is 2.05. The summed E-state index contributed by atoms with van der Waals surface area (Å²) in [4.78, 5) is 14.8. The summed E-state index contributed by atoms with van der Waals surface area (Å²) in [6, 6.07) is 8.40. The Kier molecular flexibility index (Phi) is 5.10. The van der Waals surface area contributed by atoms with Crippen molar-refractivity contribution in [3.05, 3.63) is 29.8 Å². The zero-order chi connectivity index (χ0) is 16.0. The Balaban J connectivity index is 0.00000169. The number of hydrogen-bond acceptors (Lipinski definition) is 2. The molecule has 1 aromatic rings. The summed E-state index contributed by atoms with van der Waals surface area (Å²) in [5.41, 5.74) is 7.90. The van der Waals surface area contributed by atoms with E-state index in [1.54, 1.807) is 0 Å². The van der Waals surface area contributed by atoms with E-state index in [2.05, 4.69) is 4.90 Å². The number of carbonyl (C=O) groups is 1. The Morgan fingerprint density at radius 2 is 1.67 bits per heavy atom. The first-order valence-electron chi connectivity index (χ1n) is 9.21. The predicted molar refractivity (Wildman–Crippen MR) is 100 cm³/mol. The van der Waals surface area contributed by atoms with Gasteiger partial charge in [-0.15, -0.1) is 12.4 Å². The standard InChI is InChI=1S/C20H28N2O.ClH/c1-22(19(23)7-6-15-4-2-3-5-18(15)21)20-16-9-13-8-14(11-16)12-17(20)10-13;/h2-5,13-14,16-17,20H,6-12,21H2,1H3;1H. The Hall–Kier alpha value is -1.22.